The van der Waals surface area contributed by atoms with E-state index in [0.29, 0.717) is 18.1 Å². The lowest BCUT2D eigenvalue weighted by molar-refractivity contribution is -0.138. The fraction of sp³-hybridized carbons (Fsp3) is 0.500. The Hall–Kier alpha value is -1.75. The van der Waals surface area contributed by atoms with E-state index in [1.54, 1.807) is 7.11 Å². The lowest BCUT2D eigenvalue weighted by atomic mass is 9.80. The molecular weight excluding hydrogens is 248 g/mol. The van der Waals surface area contributed by atoms with Gasteiger partial charge >= 0.3 is 5.97 Å². The Labute approximate surface area is 112 Å². The van der Waals surface area contributed by atoms with Gasteiger partial charge in [0.1, 0.15) is 0 Å². The average Bonchev–Trinajstić information content (AvgIpc) is 2.76. The Morgan fingerprint density at radius 1 is 1.37 bits per heavy atom. The van der Waals surface area contributed by atoms with E-state index >= 15 is 0 Å². The van der Waals surface area contributed by atoms with Crippen LogP contribution >= 0.6 is 0 Å². The van der Waals surface area contributed by atoms with Crippen molar-refractivity contribution in [3.8, 4) is 11.5 Å². The van der Waals surface area contributed by atoms with Crippen LogP contribution in [-0.4, -0.2) is 25.0 Å². The first-order chi connectivity index (χ1) is 8.95. The zero-order valence-corrected chi connectivity index (χ0v) is 11.4. The van der Waals surface area contributed by atoms with Crippen molar-refractivity contribution < 1.29 is 24.1 Å². The van der Waals surface area contributed by atoms with E-state index in [-0.39, 0.29) is 13.2 Å². The van der Waals surface area contributed by atoms with E-state index in [0.717, 1.165) is 11.1 Å². The van der Waals surface area contributed by atoms with Gasteiger partial charge < -0.3 is 19.3 Å². The molecule has 0 fully saturated rings. The van der Waals surface area contributed by atoms with E-state index in [9.17, 15) is 4.79 Å². The fourth-order valence-electron chi connectivity index (χ4n) is 2.33. The van der Waals surface area contributed by atoms with E-state index in [2.05, 4.69) is 0 Å². The van der Waals surface area contributed by atoms with Crippen molar-refractivity contribution in [2.24, 2.45) is 0 Å². The van der Waals surface area contributed by atoms with Crippen molar-refractivity contribution in [2.45, 2.75) is 32.3 Å². The van der Waals surface area contributed by atoms with Crippen LogP contribution in [0.1, 0.15) is 31.4 Å². The number of ether oxygens (including phenoxy) is 3. The van der Waals surface area contributed by atoms with Gasteiger partial charge in [-0.3, -0.25) is 4.79 Å². The molecule has 1 N–H and O–H groups in total. The largest absolute Gasteiger partial charge is 0.481 e. The number of carboxylic acid groups (broad SMARTS) is 1. The molecule has 19 heavy (non-hydrogen) atoms. The van der Waals surface area contributed by atoms with Crippen molar-refractivity contribution in [3.05, 3.63) is 23.3 Å². The number of carboxylic acids is 1. The van der Waals surface area contributed by atoms with Gasteiger partial charge in [-0.15, -0.1) is 0 Å². The molecule has 0 amide bonds. The highest BCUT2D eigenvalue weighted by Gasteiger charge is 2.32. The van der Waals surface area contributed by atoms with Gasteiger partial charge in [0.25, 0.3) is 0 Å². The molecule has 5 heteroatoms. The summed E-state index contributed by atoms with van der Waals surface area (Å²) in [5, 5.41) is 9.01. The Morgan fingerprint density at radius 2 is 2.05 bits per heavy atom. The van der Waals surface area contributed by atoms with Gasteiger partial charge in [0.2, 0.25) is 6.79 Å². The Kier molecular flexibility index (Phi) is 3.66. The van der Waals surface area contributed by atoms with Crippen molar-refractivity contribution in [3.63, 3.8) is 0 Å². The third-order valence-electron chi connectivity index (χ3n) is 3.22. The van der Waals surface area contributed by atoms with Crippen LogP contribution < -0.4 is 9.47 Å². The minimum absolute atomic E-state index is 0.0342. The summed E-state index contributed by atoms with van der Waals surface area (Å²) in [6.07, 6.45) is 0.0342. The standard InChI is InChI=1S/C14H18O5/c1-14(2,6-11(15)16)10-5-4-9(7-17-3)12-13(10)19-8-18-12/h4-5H,6-8H2,1-3H3,(H,15,16). The lowest BCUT2D eigenvalue weighted by Crippen LogP contribution is -2.22. The molecule has 0 radical (unpaired) electrons. The number of hydrogen-bond acceptors (Lipinski definition) is 4. The molecule has 0 unspecified atom stereocenters. The molecule has 0 aliphatic carbocycles. The summed E-state index contributed by atoms with van der Waals surface area (Å²) in [4.78, 5) is 11.0. The van der Waals surface area contributed by atoms with Crippen molar-refractivity contribution in [2.75, 3.05) is 13.9 Å². The van der Waals surface area contributed by atoms with Crippen LogP contribution in [0.2, 0.25) is 0 Å². The maximum atomic E-state index is 11.0. The number of rotatable bonds is 5. The quantitative estimate of drug-likeness (QED) is 0.886. The predicted molar refractivity (Wildman–Crippen MR) is 68.6 cm³/mol. The smallest absolute Gasteiger partial charge is 0.304 e. The summed E-state index contributed by atoms with van der Waals surface area (Å²) in [5.41, 5.74) is 1.24. The number of benzene rings is 1. The highest BCUT2D eigenvalue weighted by atomic mass is 16.7. The maximum Gasteiger partial charge on any atom is 0.304 e. The number of methoxy groups -OCH3 is 1. The van der Waals surface area contributed by atoms with Gasteiger partial charge in [-0.05, 0) is 0 Å². The van der Waals surface area contributed by atoms with Crippen molar-refractivity contribution in [1.82, 2.24) is 0 Å². The predicted octanol–water partition coefficient (Wildman–Crippen LogP) is 2.31. The molecule has 0 atom stereocenters. The number of aliphatic carboxylic acids is 1. The second kappa shape index (κ2) is 5.09. The molecule has 0 bridgehead atoms. The second-order valence-electron chi connectivity index (χ2n) is 5.22. The first kappa shape index (κ1) is 13.7. The molecule has 0 aromatic heterocycles. The van der Waals surface area contributed by atoms with Crippen molar-refractivity contribution >= 4 is 5.97 Å². The summed E-state index contributed by atoms with van der Waals surface area (Å²) in [6, 6.07) is 3.79. The molecule has 1 aromatic carbocycles. The molecule has 0 spiro atoms. The molecule has 0 saturated heterocycles. The first-order valence-electron chi connectivity index (χ1n) is 6.08. The average molecular weight is 266 g/mol. The third kappa shape index (κ3) is 2.66. The van der Waals surface area contributed by atoms with E-state index in [4.69, 9.17) is 19.3 Å². The summed E-state index contributed by atoms with van der Waals surface area (Å²) in [5.74, 6) is 0.470. The molecular formula is C14H18O5. The van der Waals surface area contributed by atoms with Gasteiger partial charge in [-0.1, -0.05) is 26.0 Å². The second-order valence-corrected chi connectivity index (χ2v) is 5.22. The topological polar surface area (TPSA) is 65.0 Å². The van der Waals surface area contributed by atoms with Gasteiger partial charge in [0.15, 0.2) is 11.5 Å². The molecule has 0 saturated carbocycles. The van der Waals surface area contributed by atoms with Crippen LogP contribution in [0.15, 0.2) is 12.1 Å². The van der Waals surface area contributed by atoms with E-state index < -0.39 is 11.4 Å². The normalized spacial score (nSPS) is 13.6. The van der Waals surface area contributed by atoms with Gasteiger partial charge in [0, 0.05) is 23.7 Å². The van der Waals surface area contributed by atoms with Gasteiger partial charge in [-0.2, -0.15) is 0 Å². The fourth-order valence-corrected chi connectivity index (χ4v) is 2.33. The molecule has 1 heterocycles. The molecule has 1 aliphatic rings. The monoisotopic (exact) mass is 266 g/mol. The molecule has 1 aromatic rings. The van der Waals surface area contributed by atoms with Gasteiger partial charge in [0.05, 0.1) is 13.0 Å². The lowest BCUT2D eigenvalue weighted by Gasteiger charge is -2.25. The van der Waals surface area contributed by atoms with Gasteiger partial charge in [-0.25, -0.2) is 0 Å². The van der Waals surface area contributed by atoms with Crippen LogP contribution in [0.25, 0.3) is 0 Å². The van der Waals surface area contributed by atoms with E-state index in [1.165, 1.54) is 0 Å². The Morgan fingerprint density at radius 3 is 2.68 bits per heavy atom. The van der Waals surface area contributed by atoms with Crippen LogP contribution in [0, 0.1) is 0 Å². The molecule has 2 rings (SSSR count). The van der Waals surface area contributed by atoms with Crippen LogP contribution in [0.4, 0.5) is 0 Å². The highest BCUT2D eigenvalue weighted by molar-refractivity contribution is 5.70. The molecule has 1 aliphatic heterocycles. The first-order valence-corrected chi connectivity index (χ1v) is 6.08. The number of hydrogen-bond donors (Lipinski definition) is 1. The number of carbonyl (C=O) groups is 1. The summed E-state index contributed by atoms with van der Waals surface area (Å²) < 4.78 is 16.1. The van der Waals surface area contributed by atoms with Crippen molar-refractivity contribution in [1.29, 1.82) is 0 Å². The van der Waals surface area contributed by atoms with Crippen LogP contribution in [0.3, 0.4) is 0 Å². The highest BCUT2D eigenvalue weighted by Crippen LogP contribution is 2.45. The summed E-state index contributed by atoms with van der Waals surface area (Å²) in [7, 11) is 1.62. The summed E-state index contributed by atoms with van der Waals surface area (Å²) in [6.45, 7) is 4.36. The minimum Gasteiger partial charge on any atom is -0.481 e. The third-order valence-corrected chi connectivity index (χ3v) is 3.22. The SMILES string of the molecule is COCc1ccc(C(C)(C)CC(=O)O)c2c1OCO2. The zero-order valence-electron chi connectivity index (χ0n) is 11.4. The number of fused-ring (bicyclic) bond motifs is 1. The Bertz CT molecular complexity index is 493. The van der Waals surface area contributed by atoms with E-state index in [1.807, 2.05) is 26.0 Å². The minimum atomic E-state index is -0.835. The van der Waals surface area contributed by atoms with Crippen LogP contribution in [-0.2, 0) is 21.6 Å². The molecule has 104 valence electrons. The Balaban J connectivity index is 2.43. The molecule has 5 nitrogen and oxygen atoms in total. The maximum absolute atomic E-state index is 11.0. The summed E-state index contributed by atoms with van der Waals surface area (Å²) >= 11 is 0. The van der Waals surface area contributed by atoms with Crippen LogP contribution in [0.5, 0.6) is 11.5 Å². The zero-order chi connectivity index (χ0) is 14.0.